The molecule has 1 heterocycles. The van der Waals surface area contributed by atoms with Crippen molar-refractivity contribution >= 4 is 11.8 Å². The minimum absolute atomic E-state index is 0.0148. The molecule has 1 aromatic heterocycles. The highest BCUT2D eigenvalue weighted by molar-refractivity contribution is 5.98. The van der Waals surface area contributed by atoms with Crippen molar-refractivity contribution in [1.82, 2.24) is 14.8 Å². The maximum atomic E-state index is 14.0. The van der Waals surface area contributed by atoms with Gasteiger partial charge in [0.15, 0.2) is 0 Å². The molecule has 0 bridgehead atoms. The summed E-state index contributed by atoms with van der Waals surface area (Å²) < 4.78 is 27.4. The highest BCUT2D eigenvalue weighted by Crippen LogP contribution is 2.18. The van der Waals surface area contributed by atoms with Gasteiger partial charge in [0, 0.05) is 49.5 Å². The molecule has 0 spiro atoms. The van der Waals surface area contributed by atoms with Gasteiger partial charge in [0.2, 0.25) is 0 Å². The number of carbonyl (C=O) groups excluding carboxylic acids is 2. The summed E-state index contributed by atoms with van der Waals surface area (Å²) in [6, 6.07) is 13.2. The van der Waals surface area contributed by atoms with Gasteiger partial charge in [-0.2, -0.15) is 0 Å². The number of carbonyl (C=O) groups is 2. The maximum absolute atomic E-state index is 14.0. The van der Waals surface area contributed by atoms with Gasteiger partial charge in [-0.25, -0.2) is 13.8 Å². The molecular weight excluding hydrogens is 538 g/mol. The first kappa shape index (κ1) is 32.8. The number of benzene rings is 2. The van der Waals surface area contributed by atoms with Gasteiger partial charge in [0.1, 0.15) is 17.3 Å². The first-order valence-electron chi connectivity index (χ1n) is 14.6. The summed E-state index contributed by atoms with van der Waals surface area (Å²) in [5.74, 6) is -2.08. The first-order valence-corrected chi connectivity index (χ1v) is 14.6. The zero-order valence-electron chi connectivity index (χ0n) is 24.9. The maximum Gasteiger partial charge on any atom is 0.272 e. The smallest absolute Gasteiger partial charge is 0.272 e. The van der Waals surface area contributed by atoms with Gasteiger partial charge in [-0.1, -0.05) is 45.0 Å². The number of rotatable bonds is 14. The van der Waals surface area contributed by atoms with E-state index in [2.05, 4.69) is 4.98 Å². The van der Waals surface area contributed by atoms with Gasteiger partial charge in [-0.3, -0.25) is 9.59 Å². The van der Waals surface area contributed by atoms with Crippen molar-refractivity contribution in [3.63, 3.8) is 0 Å². The van der Waals surface area contributed by atoms with Crippen molar-refractivity contribution in [3.05, 3.63) is 99.9 Å². The summed E-state index contributed by atoms with van der Waals surface area (Å²) in [7, 11) is 0. The number of aliphatic hydroxyl groups excluding tert-OH is 1. The van der Waals surface area contributed by atoms with Crippen LogP contribution in [0.5, 0.6) is 0 Å². The van der Waals surface area contributed by atoms with Gasteiger partial charge in [0.05, 0.1) is 6.10 Å². The van der Waals surface area contributed by atoms with Crippen LogP contribution in [0.4, 0.5) is 8.78 Å². The average Bonchev–Trinajstić information content (AvgIpc) is 2.95. The lowest BCUT2D eigenvalue weighted by Gasteiger charge is -2.29. The van der Waals surface area contributed by atoms with Crippen LogP contribution in [-0.2, 0) is 19.4 Å². The fourth-order valence-corrected chi connectivity index (χ4v) is 4.99. The Morgan fingerprint density at radius 1 is 0.881 bits per heavy atom. The lowest BCUT2D eigenvalue weighted by atomic mass is 10.0. The first-order chi connectivity index (χ1) is 20.0. The van der Waals surface area contributed by atoms with Crippen molar-refractivity contribution < 1.29 is 23.5 Å². The van der Waals surface area contributed by atoms with Gasteiger partial charge < -0.3 is 20.6 Å². The standard InChI is InChI=1S/C33H42F2N4O3/c1-5-11-38(12-6-2)33(42)30-18-26(13-22(4)37-30)32(41)39(20-24-10-8-9-23(7-3)14-24)21-31(40)29(36)17-25-15-27(34)19-28(35)16-25/h8-10,13-16,18-19,29,31,40H,5-7,11-12,17,20-21,36H2,1-4H3/t29-,31+/m0/s1. The number of hydrogen-bond donors (Lipinski definition) is 2. The van der Waals surface area contributed by atoms with Crippen LogP contribution in [0.3, 0.4) is 0 Å². The monoisotopic (exact) mass is 580 g/mol. The van der Waals surface area contributed by atoms with E-state index >= 15 is 0 Å². The van der Waals surface area contributed by atoms with E-state index < -0.39 is 29.7 Å². The van der Waals surface area contributed by atoms with E-state index in [1.54, 1.807) is 17.9 Å². The van der Waals surface area contributed by atoms with Crippen molar-refractivity contribution in [3.8, 4) is 0 Å². The Bertz CT molecular complexity index is 1340. The fraction of sp³-hybridized carbons (Fsp3) is 0.424. The molecule has 7 nitrogen and oxygen atoms in total. The third-order valence-corrected chi connectivity index (χ3v) is 7.05. The number of nitrogens with two attached hydrogens (primary N) is 1. The molecule has 3 rings (SSSR count). The van der Waals surface area contributed by atoms with E-state index in [-0.39, 0.29) is 36.7 Å². The lowest BCUT2D eigenvalue weighted by molar-refractivity contribution is 0.0554. The van der Waals surface area contributed by atoms with Crippen molar-refractivity contribution in [2.75, 3.05) is 19.6 Å². The zero-order chi connectivity index (χ0) is 30.8. The van der Waals surface area contributed by atoms with Crippen LogP contribution in [0.2, 0.25) is 0 Å². The van der Waals surface area contributed by atoms with Crippen LogP contribution >= 0.6 is 0 Å². The fourth-order valence-electron chi connectivity index (χ4n) is 4.99. The molecule has 9 heteroatoms. The molecule has 2 aromatic carbocycles. The van der Waals surface area contributed by atoms with Gasteiger partial charge in [-0.05, 0) is 73.6 Å². The van der Waals surface area contributed by atoms with Crippen LogP contribution in [0.15, 0.2) is 54.6 Å². The molecule has 0 saturated heterocycles. The van der Waals surface area contributed by atoms with Crippen molar-refractivity contribution in [1.29, 1.82) is 0 Å². The molecule has 42 heavy (non-hydrogen) atoms. The Morgan fingerprint density at radius 2 is 1.52 bits per heavy atom. The average molecular weight is 581 g/mol. The van der Waals surface area contributed by atoms with E-state index in [1.165, 1.54) is 23.1 Å². The lowest BCUT2D eigenvalue weighted by Crippen LogP contribution is -2.46. The summed E-state index contributed by atoms with van der Waals surface area (Å²) in [5.41, 5.74) is 9.54. The largest absolute Gasteiger partial charge is 0.390 e. The molecule has 0 unspecified atom stereocenters. The molecule has 0 aliphatic carbocycles. The number of pyridine rings is 1. The molecule has 3 aromatic rings. The highest BCUT2D eigenvalue weighted by atomic mass is 19.1. The second-order valence-electron chi connectivity index (χ2n) is 10.7. The number of halogens is 2. The van der Waals surface area contributed by atoms with Gasteiger partial charge >= 0.3 is 0 Å². The minimum atomic E-state index is -1.19. The predicted molar refractivity (Wildman–Crippen MR) is 160 cm³/mol. The molecule has 2 amide bonds. The van der Waals surface area contributed by atoms with Crippen LogP contribution < -0.4 is 5.73 Å². The second kappa shape index (κ2) is 15.5. The molecule has 0 saturated carbocycles. The van der Waals surface area contributed by atoms with Crippen LogP contribution in [0.1, 0.15) is 76.8 Å². The summed E-state index contributed by atoms with van der Waals surface area (Å²) in [5, 5.41) is 11.1. The van der Waals surface area contributed by atoms with Crippen molar-refractivity contribution in [2.45, 2.75) is 72.1 Å². The quantitative estimate of drug-likeness (QED) is 0.278. The summed E-state index contributed by atoms with van der Waals surface area (Å²) >= 11 is 0. The Morgan fingerprint density at radius 3 is 2.14 bits per heavy atom. The summed E-state index contributed by atoms with van der Waals surface area (Å²) in [6.07, 6.45) is 1.24. The SMILES string of the molecule is CCCN(CCC)C(=O)c1cc(C(=O)N(Cc2cccc(CC)c2)C[C@@H](O)[C@@H](N)Cc2cc(F)cc(F)c2)cc(C)n1. The summed E-state index contributed by atoms with van der Waals surface area (Å²) in [4.78, 5) is 34.9. The number of amides is 2. The molecule has 0 aliphatic heterocycles. The molecule has 0 fully saturated rings. The predicted octanol–water partition coefficient (Wildman–Crippen LogP) is 5.07. The normalized spacial score (nSPS) is 12.6. The Balaban J connectivity index is 1.91. The number of aliphatic hydroxyl groups is 1. The zero-order valence-corrected chi connectivity index (χ0v) is 24.9. The number of nitrogens with zero attached hydrogens (tertiary/aromatic N) is 3. The molecule has 3 N–H and O–H groups in total. The molecular formula is C33H42F2N4O3. The second-order valence-corrected chi connectivity index (χ2v) is 10.7. The van der Waals surface area contributed by atoms with E-state index in [0.29, 0.717) is 24.3 Å². The Kier molecular flexibility index (Phi) is 12.1. The Hall–Kier alpha value is -3.69. The highest BCUT2D eigenvalue weighted by Gasteiger charge is 2.26. The van der Waals surface area contributed by atoms with Crippen molar-refractivity contribution in [2.24, 2.45) is 5.73 Å². The number of hydrogen-bond acceptors (Lipinski definition) is 5. The number of aromatic nitrogens is 1. The van der Waals surface area contributed by atoms with E-state index in [4.69, 9.17) is 5.73 Å². The van der Waals surface area contributed by atoms with Crippen LogP contribution in [-0.4, -0.2) is 63.5 Å². The summed E-state index contributed by atoms with van der Waals surface area (Å²) in [6.45, 7) is 9.01. The third-order valence-electron chi connectivity index (χ3n) is 7.05. The third kappa shape index (κ3) is 9.16. The topological polar surface area (TPSA) is 99.8 Å². The van der Waals surface area contributed by atoms with E-state index in [1.807, 2.05) is 45.0 Å². The molecule has 0 aliphatic rings. The Labute approximate surface area is 247 Å². The van der Waals surface area contributed by atoms with Crippen LogP contribution in [0.25, 0.3) is 0 Å². The minimum Gasteiger partial charge on any atom is -0.390 e. The van der Waals surface area contributed by atoms with Crippen LogP contribution in [0, 0.1) is 18.6 Å². The molecule has 0 radical (unpaired) electrons. The molecule has 226 valence electrons. The van der Waals surface area contributed by atoms with Gasteiger partial charge in [-0.15, -0.1) is 0 Å². The van der Waals surface area contributed by atoms with Gasteiger partial charge in [0.25, 0.3) is 11.8 Å². The van der Waals surface area contributed by atoms with E-state index in [9.17, 15) is 23.5 Å². The number of aryl methyl sites for hydroxylation is 2. The van der Waals surface area contributed by atoms with E-state index in [0.717, 1.165) is 36.5 Å². The molecule has 2 atom stereocenters.